The highest BCUT2D eigenvalue weighted by Gasteiger charge is 2.22. The van der Waals surface area contributed by atoms with E-state index in [4.69, 9.17) is 20.4 Å². The van der Waals surface area contributed by atoms with Crippen LogP contribution in [-0.4, -0.2) is 86.9 Å². The zero-order valence-electron chi connectivity index (χ0n) is 31.9. The lowest BCUT2D eigenvalue weighted by atomic mass is 10.1. The van der Waals surface area contributed by atoms with E-state index < -0.39 is 5.91 Å². The quantitative estimate of drug-likeness (QED) is 0.0713. The predicted molar refractivity (Wildman–Crippen MR) is 212 cm³/mol. The van der Waals surface area contributed by atoms with Gasteiger partial charge >= 0.3 is 0 Å². The third kappa shape index (κ3) is 7.23. The molecular formula is C39H43N13O4. The molecule has 7 rings (SSSR count). The van der Waals surface area contributed by atoms with Crippen molar-refractivity contribution in [1.82, 2.24) is 53.9 Å². The molecule has 288 valence electrons. The molecule has 0 fully saturated rings. The number of nitrogens with zero attached hydrogens (tertiary/aromatic N) is 10. The number of rotatable bonds is 16. The van der Waals surface area contributed by atoms with E-state index in [9.17, 15) is 14.4 Å². The number of nitrogens with one attached hydrogen (secondary N) is 2. The second-order valence-corrected chi connectivity index (χ2v) is 13.3. The summed E-state index contributed by atoms with van der Waals surface area (Å²) in [6.45, 7) is 10.6. The van der Waals surface area contributed by atoms with E-state index in [1.54, 1.807) is 35.1 Å². The standard InChI is InChI=1S/C39H43N13O4/c1-6-51-30(15-23(3)47-51)35-42-21-28-27-17-25(22-53)20-43-36(27)50(37(28)45-35)13-9-8-12-49-33-29(18-26(34(40)54)19-32(33)56-14-10-11-41-5)44-39(49)46-38(55)31-16-24(4)48-52(31)7-2/h8-9,15-22,41H,6-7,10-14H2,1-5H3,(H2,40,54)(H,44,46,55)/b9-8+. The second kappa shape index (κ2) is 15.9. The van der Waals surface area contributed by atoms with Gasteiger partial charge in [0.25, 0.3) is 5.91 Å². The zero-order chi connectivity index (χ0) is 39.5. The fourth-order valence-electron chi connectivity index (χ4n) is 6.76. The number of aldehydes is 1. The van der Waals surface area contributed by atoms with Gasteiger partial charge in [-0.2, -0.15) is 10.2 Å². The van der Waals surface area contributed by atoms with Gasteiger partial charge in [0.15, 0.2) is 12.1 Å². The summed E-state index contributed by atoms with van der Waals surface area (Å²) in [4.78, 5) is 56.9. The van der Waals surface area contributed by atoms with Crippen LogP contribution in [0.1, 0.15) is 62.9 Å². The summed E-state index contributed by atoms with van der Waals surface area (Å²) in [5.41, 5.74) is 11.4. The van der Waals surface area contributed by atoms with Gasteiger partial charge in [-0.15, -0.1) is 0 Å². The van der Waals surface area contributed by atoms with Crippen molar-refractivity contribution in [1.29, 1.82) is 0 Å². The fourth-order valence-corrected chi connectivity index (χ4v) is 6.76. The largest absolute Gasteiger partial charge is 0.491 e. The summed E-state index contributed by atoms with van der Waals surface area (Å²) < 4.78 is 13.5. The maximum absolute atomic E-state index is 13.7. The highest BCUT2D eigenvalue weighted by Crippen LogP contribution is 2.32. The highest BCUT2D eigenvalue weighted by molar-refractivity contribution is 6.07. The molecule has 4 N–H and O–H groups in total. The van der Waals surface area contributed by atoms with Gasteiger partial charge in [-0.3, -0.25) is 29.1 Å². The number of pyridine rings is 1. The molecule has 7 aromatic rings. The number of primary amides is 1. The van der Waals surface area contributed by atoms with Crippen molar-refractivity contribution < 1.29 is 19.1 Å². The van der Waals surface area contributed by atoms with E-state index in [1.807, 2.05) is 66.8 Å². The predicted octanol–water partition coefficient (Wildman–Crippen LogP) is 4.45. The Bertz CT molecular complexity index is 2650. The minimum Gasteiger partial charge on any atom is -0.491 e. The maximum atomic E-state index is 13.7. The van der Waals surface area contributed by atoms with Gasteiger partial charge in [0.05, 0.1) is 23.5 Å². The summed E-state index contributed by atoms with van der Waals surface area (Å²) in [5, 5.41) is 16.6. The van der Waals surface area contributed by atoms with Gasteiger partial charge in [-0.05, 0) is 78.0 Å². The summed E-state index contributed by atoms with van der Waals surface area (Å²) >= 11 is 0. The van der Waals surface area contributed by atoms with Crippen LogP contribution in [0.4, 0.5) is 5.95 Å². The molecule has 2 amide bonds. The Labute approximate surface area is 321 Å². The number of imidazole rings is 1. The van der Waals surface area contributed by atoms with E-state index >= 15 is 0 Å². The minimum absolute atomic E-state index is 0.231. The molecule has 17 heteroatoms. The summed E-state index contributed by atoms with van der Waals surface area (Å²) in [6, 6.07) is 8.66. The van der Waals surface area contributed by atoms with Crippen molar-refractivity contribution >= 4 is 57.1 Å². The number of allylic oxidation sites excluding steroid dienone is 2. The Morgan fingerprint density at radius 2 is 1.62 bits per heavy atom. The first-order valence-electron chi connectivity index (χ1n) is 18.4. The van der Waals surface area contributed by atoms with Crippen molar-refractivity contribution in [3.8, 4) is 17.3 Å². The zero-order valence-corrected chi connectivity index (χ0v) is 31.9. The first kappa shape index (κ1) is 37.6. The Hall–Kier alpha value is -6.75. The molecule has 6 aromatic heterocycles. The average Bonchev–Trinajstić information content (AvgIpc) is 3.95. The Kier molecular flexibility index (Phi) is 10.7. The van der Waals surface area contributed by atoms with Gasteiger partial charge in [0.1, 0.15) is 33.9 Å². The van der Waals surface area contributed by atoms with Crippen LogP contribution in [0.15, 0.2) is 54.9 Å². The van der Waals surface area contributed by atoms with Crippen LogP contribution in [0.3, 0.4) is 0 Å². The summed E-state index contributed by atoms with van der Waals surface area (Å²) in [6.07, 6.45) is 8.68. The number of hydrogen-bond acceptors (Lipinski definition) is 11. The molecule has 0 aliphatic rings. The van der Waals surface area contributed by atoms with Crippen LogP contribution in [-0.2, 0) is 26.2 Å². The molecule has 17 nitrogen and oxygen atoms in total. The third-order valence-corrected chi connectivity index (χ3v) is 9.35. The third-order valence-electron chi connectivity index (χ3n) is 9.35. The molecule has 6 heterocycles. The monoisotopic (exact) mass is 757 g/mol. The van der Waals surface area contributed by atoms with Crippen molar-refractivity contribution in [3.63, 3.8) is 0 Å². The van der Waals surface area contributed by atoms with Gasteiger partial charge < -0.3 is 24.9 Å². The average molecular weight is 758 g/mol. The summed E-state index contributed by atoms with van der Waals surface area (Å²) in [7, 11) is 1.86. The van der Waals surface area contributed by atoms with E-state index in [-0.39, 0.29) is 24.0 Å². The summed E-state index contributed by atoms with van der Waals surface area (Å²) in [5.74, 6) is 0.159. The lowest BCUT2D eigenvalue weighted by Gasteiger charge is -2.13. The minimum atomic E-state index is -0.629. The van der Waals surface area contributed by atoms with Gasteiger partial charge in [0.2, 0.25) is 11.9 Å². The smallest absolute Gasteiger partial charge is 0.276 e. The molecule has 0 bridgehead atoms. The molecule has 0 saturated carbocycles. The van der Waals surface area contributed by atoms with Crippen LogP contribution < -0.4 is 21.1 Å². The number of anilines is 1. The fraction of sp³-hybridized carbons (Fsp3) is 0.308. The number of benzene rings is 1. The van der Waals surface area contributed by atoms with Crippen LogP contribution in [0, 0.1) is 13.8 Å². The number of aromatic nitrogens is 10. The first-order valence-corrected chi connectivity index (χ1v) is 18.4. The molecule has 0 spiro atoms. The molecular weight excluding hydrogens is 715 g/mol. The van der Waals surface area contributed by atoms with Crippen LogP contribution in [0.5, 0.6) is 5.75 Å². The lowest BCUT2D eigenvalue weighted by Crippen LogP contribution is -2.20. The van der Waals surface area contributed by atoms with E-state index in [0.29, 0.717) is 83.5 Å². The van der Waals surface area contributed by atoms with Gasteiger partial charge in [0, 0.05) is 60.5 Å². The highest BCUT2D eigenvalue weighted by atomic mass is 16.5. The molecule has 56 heavy (non-hydrogen) atoms. The van der Waals surface area contributed by atoms with Crippen LogP contribution >= 0.6 is 0 Å². The SMILES string of the molecule is CCn1nc(C)cc1C(=O)Nc1nc2cc(C(N)=O)cc(OCCCNC)c2n1C/C=C/Cn1c2ncc(C=O)cc2c2cnc(-c3cc(C)nn3CC)nc21. The number of carbonyl (C=O) groups excluding carboxylic acids is 3. The Morgan fingerprint density at radius 3 is 2.36 bits per heavy atom. The molecule has 0 saturated heterocycles. The Balaban J connectivity index is 1.29. The van der Waals surface area contributed by atoms with Crippen molar-refractivity contribution in [2.75, 3.05) is 25.5 Å². The lowest BCUT2D eigenvalue weighted by molar-refractivity contribution is 0.0995. The molecule has 0 unspecified atom stereocenters. The van der Waals surface area contributed by atoms with E-state index in [2.05, 4.69) is 30.8 Å². The number of aryl methyl sites for hydroxylation is 4. The number of hydrogen-bond donors (Lipinski definition) is 3. The molecule has 0 aliphatic heterocycles. The second-order valence-electron chi connectivity index (χ2n) is 13.3. The van der Waals surface area contributed by atoms with E-state index in [1.165, 1.54) is 6.20 Å². The topological polar surface area (TPSA) is 208 Å². The molecule has 0 aliphatic carbocycles. The van der Waals surface area contributed by atoms with Gasteiger partial charge in [-0.25, -0.2) is 19.9 Å². The van der Waals surface area contributed by atoms with Crippen molar-refractivity contribution in [2.24, 2.45) is 5.73 Å². The Morgan fingerprint density at radius 1 is 0.875 bits per heavy atom. The number of nitrogens with two attached hydrogens (primary N) is 1. The first-order chi connectivity index (χ1) is 27.1. The number of amides is 2. The maximum Gasteiger partial charge on any atom is 0.276 e. The molecule has 1 aromatic carbocycles. The van der Waals surface area contributed by atoms with Crippen molar-refractivity contribution in [2.45, 2.75) is 60.3 Å². The molecule has 0 atom stereocenters. The number of ether oxygens (including phenoxy) is 1. The number of carbonyl (C=O) groups is 3. The normalized spacial score (nSPS) is 11.7. The van der Waals surface area contributed by atoms with E-state index in [0.717, 1.165) is 35.0 Å². The van der Waals surface area contributed by atoms with Crippen LogP contribution in [0.25, 0.3) is 44.6 Å². The van der Waals surface area contributed by atoms with Gasteiger partial charge in [-0.1, -0.05) is 12.2 Å². The molecule has 0 radical (unpaired) electrons. The number of fused-ring (bicyclic) bond motifs is 4. The van der Waals surface area contributed by atoms with Crippen LogP contribution in [0.2, 0.25) is 0 Å². The van der Waals surface area contributed by atoms with Crippen molar-refractivity contribution in [3.05, 3.63) is 83.1 Å².